The summed E-state index contributed by atoms with van der Waals surface area (Å²) in [5, 5.41) is 0. The molecule has 0 saturated carbocycles. The summed E-state index contributed by atoms with van der Waals surface area (Å²) in [6, 6.07) is 14.5. The summed E-state index contributed by atoms with van der Waals surface area (Å²) in [5.74, 6) is 0.948. The van der Waals surface area contributed by atoms with Crippen molar-refractivity contribution in [3.63, 3.8) is 0 Å². The highest BCUT2D eigenvalue weighted by atomic mass is 14.9. The third-order valence-corrected chi connectivity index (χ3v) is 3.03. The Morgan fingerprint density at radius 1 is 1.00 bits per heavy atom. The van der Waals surface area contributed by atoms with E-state index in [-0.39, 0.29) is 0 Å². The number of benzene rings is 2. The molecule has 0 aliphatic carbocycles. The lowest BCUT2D eigenvalue weighted by Crippen LogP contribution is -1.86. The molecule has 0 amide bonds. The van der Waals surface area contributed by atoms with E-state index >= 15 is 0 Å². The minimum Gasteiger partial charge on any atom is -0.338 e. The van der Waals surface area contributed by atoms with Crippen molar-refractivity contribution in [1.82, 2.24) is 9.97 Å². The molecule has 0 bridgehead atoms. The molecular weight excluding hydrogens is 208 g/mol. The average molecular weight is 222 g/mol. The fraction of sp³-hybridized carbons (Fsp3) is 0.133. The lowest BCUT2D eigenvalue weighted by Gasteiger charge is -2.03. The highest BCUT2D eigenvalue weighted by Gasteiger charge is 2.07. The SMILES string of the molecule is Cc1ccc(-c2nc3ccccc3[nH]2)c(C)c1. The molecule has 0 aliphatic heterocycles. The van der Waals surface area contributed by atoms with E-state index in [1.54, 1.807) is 0 Å². The van der Waals surface area contributed by atoms with Crippen molar-refractivity contribution >= 4 is 11.0 Å². The number of hydrogen-bond acceptors (Lipinski definition) is 1. The van der Waals surface area contributed by atoms with Crippen LogP contribution >= 0.6 is 0 Å². The molecule has 1 N–H and O–H groups in total. The number of aryl methyl sites for hydroxylation is 2. The van der Waals surface area contributed by atoms with Crippen molar-refractivity contribution in [3.05, 3.63) is 53.6 Å². The van der Waals surface area contributed by atoms with Gasteiger partial charge in [-0.15, -0.1) is 0 Å². The standard InChI is InChI=1S/C15H14N2/c1-10-7-8-12(11(2)9-10)15-16-13-5-3-4-6-14(13)17-15/h3-9H,1-2H3,(H,16,17). The molecule has 0 unspecified atom stereocenters. The van der Waals surface area contributed by atoms with Crippen LogP contribution in [0.1, 0.15) is 11.1 Å². The van der Waals surface area contributed by atoms with Crippen LogP contribution in [0.3, 0.4) is 0 Å². The molecule has 0 aliphatic rings. The maximum absolute atomic E-state index is 4.62. The van der Waals surface area contributed by atoms with Crippen LogP contribution in [0.2, 0.25) is 0 Å². The molecule has 3 rings (SSSR count). The van der Waals surface area contributed by atoms with Gasteiger partial charge in [0.05, 0.1) is 11.0 Å². The van der Waals surface area contributed by atoms with E-state index in [9.17, 15) is 0 Å². The minimum atomic E-state index is 0.948. The summed E-state index contributed by atoms with van der Waals surface area (Å²) in [5.41, 5.74) is 5.81. The number of rotatable bonds is 1. The van der Waals surface area contributed by atoms with Crippen LogP contribution < -0.4 is 0 Å². The third kappa shape index (κ3) is 1.72. The Morgan fingerprint density at radius 2 is 1.82 bits per heavy atom. The normalized spacial score (nSPS) is 10.9. The number of nitrogens with zero attached hydrogens (tertiary/aromatic N) is 1. The van der Waals surface area contributed by atoms with Gasteiger partial charge in [0.1, 0.15) is 5.82 Å². The second kappa shape index (κ2) is 3.74. The fourth-order valence-corrected chi connectivity index (χ4v) is 2.16. The maximum atomic E-state index is 4.62. The Bertz CT molecular complexity index is 647. The Hall–Kier alpha value is -2.09. The Morgan fingerprint density at radius 3 is 2.59 bits per heavy atom. The first-order chi connectivity index (χ1) is 8.24. The van der Waals surface area contributed by atoms with Crippen LogP contribution in [-0.2, 0) is 0 Å². The third-order valence-electron chi connectivity index (χ3n) is 3.03. The molecule has 2 heteroatoms. The van der Waals surface area contributed by atoms with E-state index in [4.69, 9.17) is 0 Å². The Kier molecular flexibility index (Phi) is 2.22. The molecule has 0 spiro atoms. The molecule has 0 fully saturated rings. The van der Waals surface area contributed by atoms with E-state index in [0.29, 0.717) is 0 Å². The van der Waals surface area contributed by atoms with Gasteiger partial charge in [0.15, 0.2) is 0 Å². The predicted molar refractivity (Wildman–Crippen MR) is 71.0 cm³/mol. The number of aromatic amines is 1. The number of fused-ring (bicyclic) bond motifs is 1. The predicted octanol–water partition coefficient (Wildman–Crippen LogP) is 3.85. The van der Waals surface area contributed by atoms with Gasteiger partial charge in [-0.2, -0.15) is 0 Å². The van der Waals surface area contributed by atoms with Gasteiger partial charge in [-0.25, -0.2) is 4.98 Å². The molecule has 0 saturated heterocycles. The number of imidazole rings is 1. The smallest absolute Gasteiger partial charge is 0.138 e. The van der Waals surface area contributed by atoms with Crippen molar-refractivity contribution in [2.75, 3.05) is 0 Å². The molecule has 2 aromatic carbocycles. The van der Waals surface area contributed by atoms with Gasteiger partial charge >= 0.3 is 0 Å². The quantitative estimate of drug-likeness (QED) is 0.665. The number of para-hydroxylation sites is 2. The lowest BCUT2D eigenvalue weighted by molar-refractivity contribution is 1.29. The summed E-state index contributed by atoms with van der Waals surface area (Å²) in [4.78, 5) is 7.98. The van der Waals surface area contributed by atoms with Crippen molar-refractivity contribution in [2.24, 2.45) is 0 Å². The largest absolute Gasteiger partial charge is 0.338 e. The summed E-state index contributed by atoms with van der Waals surface area (Å²) < 4.78 is 0. The zero-order valence-electron chi connectivity index (χ0n) is 9.99. The Labute approximate surface area is 100 Å². The van der Waals surface area contributed by atoms with Crippen molar-refractivity contribution in [2.45, 2.75) is 13.8 Å². The second-order valence-corrected chi connectivity index (χ2v) is 4.42. The minimum absolute atomic E-state index is 0.948. The number of H-pyrrole nitrogens is 1. The molecule has 0 atom stereocenters. The summed E-state index contributed by atoms with van der Waals surface area (Å²) in [6.07, 6.45) is 0. The van der Waals surface area contributed by atoms with Gasteiger partial charge in [-0.1, -0.05) is 35.9 Å². The van der Waals surface area contributed by atoms with E-state index in [2.05, 4.69) is 48.1 Å². The van der Waals surface area contributed by atoms with Gasteiger partial charge < -0.3 is 4.98 Å². The van der Waals surface area contributed by atoms with Crippen LogP contribution in [0.5, 0.6) is 0 Å². The number of aromatic nitrogens is 2. The van der Waals surface area contributed by atoms with E-state index < -0.39 is 0 Å². The molecule has 3 aromatic rings. The monoisotopic (exact) mass is 222 g/mol. The molecule has 17 heavy (non-hydrogen) atoms. The van der Waals surface area contributed by atoms with Gasteiger partial charge in [-0.3, -0.25) is 0 Å². The highest BCUT2D eigenvalue weighted by Crippen LogP contribution is 2.24. The van der Waals surface area contributed by atoms with Crippen molar-refractivity contribution < 1.29 is 0 Å². The summed E-state index contributed by atoms with van der Waals surface area (Å²) >= 11 is 0. The zero-order valence-corrected chi connectivity index (χ0v) is 9.99. The van der Waals surface area contributed by atoms with Gasteiger partial charge in [0.25, 0.3) is 0 Å². The summed E-state index contributed by atoms with van der Waals surface area (Å²) in [7, 11) is 0. The van der Waals surface area contributed by atoms with E-state index in [1.807, 2.05) is 18.2 Å². The number of nitrogens with one attached hydrogen (secondary N) is 1. The molecular formula is C15H14N2. The molecule has 84 valence electrons. The van der Waals surface area contributed by atoms with Crippen LogP contribution in [0, 0.1) is 13.8 Å². The lowest BCUT2D eigenvalue weighted by atomic mass is 10.1. The van der Waals surface area contributed by atoms with Gasteiger partial charge in [0.2, 0.25) is 0 Å². The van der Waals surface area contributed by atoms with Crippen LogP contribution in [0.4, 0.5) is 0 Å². The molecule has 1 heterocycles. The van der Waals surface area contributed by atoms with Gasteiger partial charge in [-0.05, 0) is 31.5 Å². The summed E-state index contributed by atoms with van der Waals surface area (Å²) in [6.45, 7) is 4.23. The van der Waals surface area contributed by atoms with Gasteiger partial charge in [0, 0.05) is 5.56 Å². The molecule has 0 radical (unpaired) electrons. The van der Waals surface area contributed by atoms with Crippen LogP contribution in [0.25, 0.3) is 22.4 Å². The molecule has 2 nitrogen and oxygen atoms in total. The van der Waals surface area contributed by atoms with Crippen LogP contribution in [-0.4, -0.2) is 9.97 Å². The highest BCUT2D eigenvalue weighted by molar-refractivity contribution is 5.79. The second-order valence-electron chi connectivity index (χ2n) is 4.42. The number of hydrogen-bond donors (Lipinski definition) is 1. The molecule has 1 aromatic heterocycles. The fourth-order valence-electron chi connectivity index (χ4n) is 2.16. The first-order valence-corrected chi connectivity index (χ1v) is 5.76. The van der Waals surface area contributed by atoms with Crippen molar-refractivity contribution in [1.29, 1.82) is 0 Å². The average Bonchev–Trinajstić information content (AvgIpc) is 2.72. The van der Waals surface area contributed by atoms with Crippen LogP contribution in [0.15, 0.2) is 42.5 Å². The first-order valence-electron chi connectivity index (χ1n) is 5.76. The van der Waals surface area contributed by atoms with E-state index in [1.165, 1.54) is 16.7 Å². The zero-order chi connectivity index (χ0) is 11.8. The maximum Gasteiger partial charge on any atom is 0.138 e. The topological polar surface area (TPSA) is 28.7 Å². The van der Waals surface area contributed by atoms with E-state index in [0.717, 1.165) is 16.9 Å². The Balaban J connectivity index is 2.20. The van der Waals surface area contributed by atoms with Crippen molar-refractivity contribution in [3.8, 4) is 11.4 Å². The first kappa shape index (κ1) is 10.1.